The molecular weight excluding hydrogens is 340 g/mol. The average Bonchev–Trinajstić information content (AvgIpc) is 2.91. The van der Waals surface area contributed by atoms with Crippen molar-refractivity contribution in [3.05, 3.63) is 107 Å². The van der Waals surface area contributed by atoms with Crippen LogP contribution >= 0.6 is 0 Å². The molecule has 3 aromatic carbocycles. The molecule has 0 amide bonds. The van der Waals surface area contributed by atoms with Crippen LogP contribution in [-0.4, -0.2) is 25.8 Å². The van der Waals surface area contributed by atoms with Gasteiger partial charge in [0.05, 0.1) is 12.3 Å². The van der Waals surface area contributed by atoms with Gasteiger partial charge < -0.3 is 4.90 Å². The first-order valence-corrected chi connectivity index (χ1v) is 9.66. The third-order valence-electron chi connectivity index (χ3n) is 4.98. The van der Waals surface area contributed by atoms with Crippen molar-refractivity contribution in [3.8, 4) is 0 Å². The van der Waals surface area contributed by atoms with Crippen LogP contribution in [0.2, 0.25) is 0 Å². The lowest BCUT2D eigenvalue weighted by molar-refractivity contribution is 0.897. The van der Waals surface area contributed by atoms with Crippen LogP contribution in [0.3, 0.4) is 0 Å². The maximum atomic E-state index is 4.82. The van der Waals surface area contributed by atoms with E-state index >= 15 is 0 Å². The zero-order valence-electron chi connectivity index (χ0n) is 16.1. The van der Waals surface area contributed by atoms with Gasteiger partial charge in [-0.3, -0.25) is 4.99 Å². The van der Waals surface area contributed by atoms with E-state index in [0.29, 0.717) is 0 Å². The lowest BCUT2D eigenvalue weighted by Gasteiger charge is -2.18. The van der Waals surface area contributed by atoms with Gasteiger partial charge in [-0.15, -0.1) is 0 Å². The van der Waals surface area contributed by atoms with Gasteiger partial charge >= 0.3 is 0 Å². The highest BCUT2D eigenvalue weighted by molar-refractivity contribution is 6.14. The van der Waals surface area contributed by atoms with E-state index in [1.54, 1.807) is 0 Å². The van der Waals surface area contributed by atoms with Crippen LogP contribution in [0.15, 0.2) is 89.9 Å². The molecule has 1 heterocycles. The number of benzene rings is 3. The Morgan fingerprint density at radius 2 is 1.36 bits per heavy atom. The Morgan fingerprint density at radius 1 is 0.714 bits per heavy atom. The first-order valence-electron chi connectivity index (χ1n) is 9.66. The van der Waals surface area contributed by atoms with Crippen molar-refractivity contribution in [2.75, 3.05) is 25.0 Å². The number of fused-ring (bicyclic) bond motifs is 1. The topological polar surface area (TPSA) is 15.6 Å². The molecule has 0 spiro atoms. The highest BCUT2D eigenvalue weighted by atomic mass is 15.1. The molecule has 0 N–H and O–H groups in total. The molecule has 0 radical (unpaired) electrons. The number of likely N-dealkylation sites (N-methyl/N-ethyl adjacent to an activating group) is 1. The lowest BCUT2D eigenvalue weighted by Crippen LogP contribution is -2.20. The highest BCUT2D eigenvalue weighted by Crippen LogP contribution is 2.23. The molecule has 0 fully saturated rings. The monoisotopic (exact) mass is 364 g/mol. The summed E-state index contributed by atoms with van der Waals surface area (Å²) in [6.07, 6.45) is 8.64. The van der Waals surface area contributed by atoms with E-state index in [9.17, 15) is 0 Å². The summed E-state index contributed by atoms with van der Waals surface area (Å²) in [5, 5.41) is 0. The summed E-state index contributed by atoms with van der Waals surface area (Å²) in [6, 6.07) is 27.3. The van der Waals surface area contributed by atoms with Gasteiger partial charge in [0.1, 0.15) is 0 Å². The van der Waals surface area contributed by atoms with E-state index in [4.69, 9.17) is 4.99 Å². The van der Waals surface area contributed by atoms with Crippen molar-refractivity contribution in [2.24, 2.45) is 4.99 Å². The number of nitrogens with zero attached hydrogens (tertiary/aromatic N) is 2. The van der Waals surface area contributed by atoms with E-state index in [1.165, 1.54) is 27.9 Å². The number of hydrogen-bond acceptors (Lipinski definition) is 2. The summed E-state index contributed by atoms with van der Waals surface area (Å²) in [4.78, 5) is 7.10. The number of para-hydroxylation sites is 1. The summed E-state index contributed by atoms with van der Waals surface area (Å²) in [5.41, 5.74) is 7.06. The summed E-state index contributed by atoms with van der Waals surface area (Å²) in [6.45, 7) is 1.74. The van der Waals surface area contributed by atoms with Crippen LogP contribution in [0, 0.1) is 0 Å². The number of rotatable bonds is 4. The number of aliphatic imine (C=N–C) groups is 1. The molecule has 1 aliphatic heterocycles. The lowest BCUT2D eigenvalue weighted by atomic mass is 10.0. The summed E-state index contributed by atoms with van der Waals surface area (Å²) in [7, 11) is 2.13. The Hall–Kier alpha value is -3.39. The van der Waals surface area contributed by atoms with Crippen molar-refractivity contribution in [1.29, 1.82) is 0 Å². The summed E-state index contributed by atoms with van der Waals surface area (Å²) >= 11 is 0. The minimum absolute atomic E-state index is 0.806. The molecule has 3 aromatic rings. The van der Waals surface area contributed by atoms with Gasteiger partial charge in [0, 0.05) is 24.8 Å². The molecule has 1 aliphatic rings. The maximum absolute atomic E-state index is 4.82. The Morgan fingerprint density at radius 3 is 2.14 bits per heavy atom. The van der Waals surface area contributed by atoms with Crippen molar-refractivity contribution >= 4 is 29.6 Å². The molecule has 4 rings (SSSR count). The Bertz CT molecular complexity index is 1030. The van der Waals surface area contributed by atoms with E-state index in [-0.39, 0.29) is 0 Å². The van der Waals surface area contributed by atoms with E-state index in [0.717, 1.165) is 18.8 Å². The third-order valence-corrected chi connectivity index (χ3v) is 4.98. The van der Waals surface area contributed by atoms with Gasteiger partial charge in [-0.25, -0.2) is 0 Å². The molecule has 2 heteroatoms. The SMILES string of the molecule is CN1CCN=C(/C=C/c2ccccc2/C=C/c2ccccc2)c2ccccc21. The smallest absolute Gasteiger partial charge is 0.0668 e. The quantitative estimate of drug-likeness (QED) is 0.534. The van der Waals surface area contributed by atoms with Crippen LogP contribution < -0.4 is 4.90 Å². The van der Waals surface area contributed by atoms with Crippen molar-refractivity contribution in [1.82, 2.24) is 0 Å². The average molecular weight is 364 g/mol. The van der Waals surface area contributed by atoms with Crippen molar-refractivity contribution in [2.45, 2.75) is 0 Å². The molecular formula is C26H24N2. The minimum Gasteiger partial charge on any atom is -0.372 e. The number of benzodiazepines with no additional fused rings is 1. The molecule has 0 atom stereocenters. The number of allylic oxidation sites excluding steroid dienone is 1. The molecule has 0 saturated carbocycles. The molecule has 0 unspecified atom stereocenters. The Labute approximate surface area is 167 Å². The van der Waals surface area contributed by atoms with Gasteiger partial charge in [-0.05, 0) is 28.8 Å². The van der Waals surface area contributed by atoms with Crippen molar-refractivity contribution in [3.63, 3.8) is 0 Å². The van der Waals surface area contributed by atoms with Gasteiger partial charge in [-0.1, -0.05) is 91.0 Å². The summed E-state index contributed by atoms with van der Waals surface area (Å²) in [5.74, 6) is 0. The molecule has 28 heavy (non-hydrogen) atoms. The Kier molecular flexibility index (Phi) is 5.48. The molecule has 138 valence electrons. The van der Waals surface area contributed by atoms with Crippen LogP contribution in [0.4, 0.5) is 5.69 Å². The van der Waals surface area contributed by atoms with Crippen LogP contribution in [0.5, 0.6) is 0 Å². The highest BCUT2D eigenvalue weighted by Gasteiger charge is 2.13. The normalized spacial score (nSPS) is 14.2. The number of hydrogen-bond donors (Lipinski definition) is 0. The standard InChI is InChI=1S/C26H24N2/c1-28-20-19-27-25(24-13-7-8-14-26(24)28)18-17-23-12-6-5-11-22(23)16-15-21-9-3-2-4-10-21/h2-18H,19-20H2,1H3/b16-15+,18-17+. The fraction of sp³-hybridized carbons (Fsp3) is 0.115. The second kappa shape index (κ2) is 8.53. The van der Waals surface area contributed by atoms with E-state index in [2.05, 4.69) is 109 Å². The summed E-state index contributed by atoms with van der Waals surface area (Å²) < 4.78 is 0. The number of anilines is 1. The molecule has 0 aromatic heterocycles. The fourth-order valence-corrected chi connectivity index (χ4v) is 3.42. The zero-order chi connectivity index (χ0) is 19.2. The largest absolute Gasteiger partial charge is 0.372 e. The maximum Gasteiger partial charge on any atom is 0.0668 e. The van der Waals surface area contributed by atoms with Crippen LogP contribution in [0.25, 0.3) is 18.2 Å². The van der Waals surface area contributed by atoms with Gasteiger partial charge in [0.25, 0.3) is 0 Å². The minimum atomic E-state index is 0.806. The van der Waals surface area contributed by atoms with E-state index in [1.807, 2.05) is 6.07 Å². The first kappa shape index (κ1) is 18.0. The molecule has 0 saturated heterocycles. The molecule has 2 nitrogen and oxygen atoms in total. The second-order valence-electron chi connectivity index (χ2n) is 6.91. The Balaban J connectivity index is 1.63. The second-order valence-corrected chi connectivity index (χ2v) is 6.91. The zero-order valence-corrected chi connectivity index (χ0v) is 16.1. The fourth-order valence-electron chi connectivity index (χ4n) is 3.42. The first-order chi connectivity index (χ1) is 13.8. The van der Waals surface area contributed by atoms with Gasteiger partial charge in [-0.2, -0.15) is 0 Å². The molecule has 0 aliphatic carbocycles. The van der Waals surface area contributed by atoms with Crippen LogP contribution in [-0.2, 0) is 0 Å². The van der Waals surface area contributed by atoms with Crippen molar-refractivity contribution < 1.29 is 0 Å². The van der Waals surface area contributed by atoms with Gasteiger partial charge in [0.2, 0.25) is 0 Å². The van der Waals surface area contributed by atoms with Gasteiger partial charge in [0.15, 0.2) is 0 Å². The van der Waals surface area contributed by atoms with E-state index < -0.39 is 0 Å². The predicted molar refractivity (Wildman–Crippen MR) is 122 cm³/mol. The predicted octanol–water partition coefficient (Wildman–Crippen LogP) is 5.81. The third kappa shape index (κ3) is 4.12. The van der Waals surface area contributed by atoms with Crippen LogP contribution in [0.1, 0.15) is 22.3 Å². The molecule has 0 bridgehead atoms.